The minimum absolute atomic E-state index is 0. The van der Waals surface area contributed by atoms with Crippen LogP contribution >= 0.6 is 0 Å². The van der Waals surface area contributed by atoms with Gasteiger partial charge in [0.15, 0.2) is 12.4 Å². The number of aryl methyl sites for hydroxylation is 1. The fourth-order valence-corrected chi connectivity index (χ4v) is 1.91. The second-order valence-corrected chi connectivity index (χ2v) is 4.48. The van der Waals surface area contributed by atoms with Crippen molar-refractivity contribution in [1.82, 2.24) is 0 Å². The lowest BCUT2D eigenvalue weighted by molar-refractivity contribution is -0.697. The highest BCUT2D eigenvalue weighted by Crippen LogP contribution is 2.06. The Bertz CT molecular complexity index is 502. The third-order valence-electron chi connectivity index (χ3n) is 2.91. The average Bonchev–Trinajstić information content (AvgIpc) is 2.46. The van der Waals surface area contributed by atoms with E-state index in [1.54, 1.807) is 0 Å². The average molecular weight is 335 g/mol. The van der Waals surface area contributed by atoms with Gasteiger partial charge in [-0.15, -0.1) is 0 Å². The molecule has 2 rings (SSSR count). The largest absolute Gasteiger partial charge is 1.00 e. The second-order valence-electron chi connectivity index (χ2n) is 4.48. The Balaban J connectivity index is 0.00000200. The Kier molecular flexibility index (Phi) is 7.58. The molecule has 20 heavy (non-hydrogen) atoms. The van der Waals surface area contributed by atoms with Crippen LogP contribution in [0.3, 0.4) is 0 Å². The molecule has 0 atom stereocenters. The van der Waals surface area contributed by atoms with Crippen molar-refractivity contribution in [2.75, 3.05) is 5.32 Å². The summed E-state index contributed by atoms with van der Waals surface area (Å²) in [5, 5.41) is 2.89. The SMILES string of the molecule is O=C(CCCC[n+]1ccccc1)Nc1ccccc1.[Br-]. The minimum Gasteiger partial charge on any atom is -1.00 e. The zero-order chi connectivity index (χ0) is 13.3. The molecule has 2 aromatic rings. The van der Waals surface area contributed by atoms with Gasteiger partial charge in [0.2, 0.25) is 5.91 Å². The summed E-state index contributed by atoms with van der Waals surface area (Å²) >= 11 is 0. The summed E-state index contributed by atoms with van der Waals surface area (Å²) < 4.78 is 2.13. The molecule has 3 nitrogen and oxygen atoms in total. The topological polar surface area (TPSA) is 33.0 Å². The number of halogens is 1. The number of unbranched alkanes of at least 4 members (excludes halogenated alkanes) is 1. The quantitative estimate of drug-likeness (QED) is 0.575. The Morgan fingerprint density at radius 3 is 2.30 bits per heavy atom. The summed E-state index contributed by atoms with van der Waals surface area (Å²) in [4.78, 5) is 11.7. The number of rotatable bonds is 6. The molecule has 0 bridgehead atoms. The monoisotopic (exact) mass is 334 g/mol. The van der Waals surface area contributed by atoms with Crippen LogP contribution in [-0.4, -0.2) is 5.91 Å². The maximum absolute atomic E-state index is 11.7. The zero-order valence-electron chi connectivity index (χ0n) is 11.3. The molecule has 0 unspecified atom stereocenters. The molecular weight excluding hydrogens is 316 g/mol. The number of aromatic nitrogens is 1. The predicted molar refractivity (Wildman–Crippen MR) is 75.6 cm³/mol. The molecule has 1 heterocycles. The zero-order valence-corrected chi connectivity index (χ0v) is 12.9. The lowest BCUT2D eigenvalue weighted by Gasteiger charge is -2.04. The number of carbonyl (C=O) groups excluding carboxylic acids is 1. The van der Waals surface area contributed by atoms with Crippen molar-refractivity contribution in [3.05, 3.63) is 60.9 Å². The van der Waals surface area contributed by atoms with Crippen LogP contribution in [0.25, 0.3) is 0 Å². The molecule has 0 fully saturated rings. The number of nitrogens with one attached hydrogen (secondary N) is 1. The van der Waals surface area contributed by atoms with Gasteiger partial charge in [0.05, 0.1) is 0 Å². The van der Waals surface area contributed by atoms with Crippen molar-refractivity contribution in [3.63, 3.8) is 0 Å². The predicted octanol–water partition coefficient (Wildman–Crippen LogP) is -0.213. The summed E-state index contributed by atoms with van der Waals surface area (Å²) in [6, 6.07) is 15.6. The van der Waals surface area contributed by atoms with Crippen LogP contribution in [-0.2, 0) is 11.3 Å². The third-order valence-corrected chi connectivity index (χ3v) is 2.91. The highest BCUT2D eigenvalue weighted by atomic mass is 79.9. The summed E-state index contributed by atoms with van der Waals surface area (Å²) in [6.45, 7) is 0.958. The first kappa shape index (κ1) is 16.4. The number of hydrogen-bond acceptors (Lipinski definition) is 1. The molecule has 0 spiro atoms. The van der Waals surface area contributed by atoms with Gasteiger partial charge in [-0.3, -0.25) is 4.79 Å². The molecule has 106 valence electrons. The Morgan fingerprint density at radius 2 is 1.60 bits per heavy atom. The Labute approximate surface area is 130 Å². The first-order chi connectivity index (χ1) is 9.34. The van der Waals surface area contributed by atoms with E-state index >= 15 is 0 Å². The molecule has 0 saturated carbocycles. The maximum atomic E-state index is 11.7. The van der Waals surface area contributed by atoms with Gasteiger partial charge < -0.3 is 22.3 Å². The number of nitrogens with zero attached hydrogens (tertiary/aromatic N) is 1. The van der Waals surface area contributed by atoms with E-state index in [4.69, 9.17) is 0 Å². The number of benzene rings is 1. The van der Waals surface area contributed by atoms with Crippen LogP contribution in [0.2, 0.25) is 0 Å². The van der Waals surface area contributed by atoms with Crippen molar-refractivity contribution < 1.29 is 26.3 Å². The van der Waals surface area contributed by atoms with Gasteiger partial charge in [0, 0.05) is 30.7 Å². The van der Waals surface area contributed by atoms with E-state index in [0.717, 1.165) is 25.1 Å². The molecule has 0 aliphatic carbocycles. The van der Waals surface area contributed by atoms with Gasteiger partial charge in [-0.05, 0) is 18.6 Å². The first-order valence-electron chi connectivity index (χ1n) is 6.63. The van der Waals surface area contributed by atoms with Crippen LogP contribution in [0.1, 0.15) is 19.3 Å². The Morgan fingerprint density at radius 1 is 0.950 bits per heavy atom. The van der Waals surface area contributed by atoms with E-state index in [9.17, 15) is 4.79 Å². The summed E-state index contributed by atoms with van der Waals surface area (Å²) in [6.07, 6.45) is 6.58. The highest BCUT2D eigenvalue weighted by Gasteiger charge is 2.03. The molecule has 0 aliphatic heterocycles. The fourth-order valence-electron chi connectivity index (χ4n) is 1.91. The minimum atomic E-state index is 0. The van der Waals surface area contributed by atoms with Crippen LogP contribution in [0.15, 0.2) is 60.9 Å². The van der Waals surface area contributed by atoms with Crippen molar-refractivity contribution in [2.45, 2.75) is 25.8 Å². The van der Waals surface area contributed by atoms with E-state index in [2.05, 4.69) is 9.88 Å². The number of para-hydroxylation sites is 1. The van der Waals surface area contributed by atoms with Gasteiger partial charge in [0.25, 0.3) is 0 Å². The number of carbonyl (C=O) groups is 1. The fraction of sp³-hybridized carbons (Fsp3) is 0.250. The number of pyridine rings is 1. The highest BCUT2D eigenvalue weighted by molar-refractivity contribution is 5.90. The van der Waals surface area contributed by atoms with Gasteiger partial charge in [-0.1, -0.05) is 24.3 Å². The van der Waals surface area contributed by atoms with Crippen LogP contribution in [0, 0.1) is 0 Å². The first-order valence-corrected chi connectivity index (χ1v) is 6.63. The van der Waals surface area contributed by atoms with E-state index < -0.39 is 0 Å². The Hall–Kier alpha value is -1.68. The van der Waals surface area contributed by atoms with Gasteiger partial charge in [-0.2, -0.15) is 0 Å². The lowest BCUT2D eigenvalue weighted by atomic mass is 10.2. The molecule has 0 saturated heterocycles. The van der Waals surface area contributed by atoms with Gasteiger partial charge in [0.1, 0.15) is 6.54 Å². The number of amides is 1. The third kappa shape index (κ3) is 5.97. The van der Waals surface area contributed by atoms with E-state index in [0.29, 0.717) is 6.42 Å². The maximum Gasteiger partial charge on any atom is 0.224 e. The van der Waals surface area contributed by atoms with Crippen molar-refractivity contribution in [3.8, 4) is 0 Å². The standard InChI is InChI=1S/C16H18N2O.BrH/c19-16(17-15-9-3-1-4-10-15)11-5-8-14-18-12-6-2-7-13-18;/h1-4,6-7,9-10,12-13H,5,8,11,14H2;1H. The normalized spacial score (nSPS) is 9.60. The van der Waals surface area contributed by atoms with E-state index in [1.807, 2.05) is 60.9 Å². The summed E-state index contributed by atoms with van der Waals surface area (Å²) in [7, 11) is 0. The van der Waals surface area contributed by atoms with Gasteiger partial charge >= 0.3 is 0 Å². The van der Waals surface area contributed by atoms with Crippen molar-refractivity contribution in [1.29, 1.82) is 0 Å². The molecular formula is C16H19BrN2O. The smallest absolute Gasteiger partial charge is 0.224 e. The molecule has 0 radical (unpaired) electrons. The van der Waals surface area contributed by atoms with Crippen LogP contribution < -0.4 is 26.9 Å². The van der Waals surface area contributed by atoms with Crippen molar-refractivity contribution >= 4 is 11.6 Å². The molecule has 0 aliphatic rings. The molecule has 1 aromatic carbocycles. The second kappa shape index (κ2) is 9.26. The summed E-state index contributed by atoms with van der Waals surface area (Å²) in [5.74, 6) is 0.0873. The van der Waals surface area contributed by atoms with Gasteiger partial charge in [-0.25, -0.2) is 4.57 Å². The summed E-state index contributed by atoms with van der Waals surface area (Å²) in [5.41, 5.74) is 0.866. The van der Waals surface area contributed by atoms with Crippen LogP contribution in [0.4, 0.5) is 5.69 Å². The van der Waals surface area contributed by atoms with E-state index in [-0.39, 0.29) is 22.9 Å². The molecule has 4 heteroatoms. The van der Waals surface area contributed by atoms with Crippen molar-refractivity contribution in [2.24, 2.45) is 0 Å². The molecule has 1 aromatic heterocycles. The molecule has 1 N–H and O–H groups in total. The lowest BCUT2D eigenvalue weighted by Crippen LogP contribution is -3.00. The molecule has 1 amide bonds. The van der Waals surface area contributed by atoms with Crippen LogP contribution in [0.5, 0.6) is 0 Å². The van der Waals surface area contributed by atoms with E-state index in [1.165, 1.54) is 0 Å². The number of anilines is 1. The number of hydrogen-bond donors (Lipinski definition) is 1.